The van der Waals surface area contributed by atoms with E-state index in [-0.39, 0.29) is 45.0 Å². The number of methoxy groups -OCH3 is 1. The van der Waals surface area contributed by atoms with E-state index in [0.717, 1.165) is 18.5 Å². The number of ketones is 1. The lowest BCUT2D eigenvalue weighted by molar-refractivity contribution is -0.139. The zero-order valence-corrected chi connectivity index (χ0v) is 20.2. The van der Waals surface area contributed by atoms with E-state index in [1.807, 2.05) is 0 Å². The summed E-state index contributed by atoms with van der Waals surface area (Å²) in [5.41, 5.74) is 4.98. The molecule has 2 aliphatic rings. The van der Waals surface area contributed by atoms with Crippen molar-refractivity contribution in [2.24, 2.45) is 16.6 Å². The molecule has 1 aromatic carbocycles. The van der Waals surface area contributed by atoms with Gasteiger partial charge in [0, 0.05) is 25.0 Å². The minimum Gasteiger partial charge on any atom is -0.476 e. The monoisotopic (exact) mass is 530 g/mol. The van der Waals surface area contributed by atoms with Gasteiger partial charge in [0.15, 0.2) is 22.6 Å². The molecule has 2 N–H and O–H groups in total. The molecular formula is C23H23F5N4O3S. The van der Waals surface area contributed by atoms with Crippen LogP contribution in [0.4, 0.5) is 22.0 Å². The van der Waals surface area contributed by atoms with Crippen molar-refractivity contribution in [3.63, 3.8) is 0 Å². The van der Waals surface area contributed by atoms with Gasteiger partial charge < -0.3 is 15.2 Å². The number of Topliss-reactive ketones (excluding diaryl/α,β-unsaturated/α-hetero) is 1. The first-order valence-electron chi connectivity index (χ1n) is 10.9. The second-order valence-corrected chi connectivity index (χ2v) is 10.4. The fourth-order valence-corrected chi connectivity index (χ4v) is 5.98. The Kier molecular flexibility index (Phi) is 6.99. The van der Waals surface area contributed by atoms with Gasteiger partial charge in [-0.3, -0.25) is 9.79 Å². The number of benzene rings is 1. The summed E-state index contributed by atoms with van der Waals surface area (Å²) in [4.78, 5) is 24.9. The summed E-state index contributed by atoms with van der Waals surface area (Å²) in [5.74, 6) is -3.04. The number of aliphatic imine (C=N–C) groups is 1. The lowest BCUT2D eigenvalue weighted by atomic mass is 9.84. The van der Waals surface area contributed by atoms with Crippen molar-refractivity contribution in [2.45, 2.75) is 42.6 Å². The van der Waals surface area contributed by atoms with E-state index in [1.54, 1.807) is 14.0 Å². The third-order valence-corrected chi connectivity index (χ3v) is 7.57. The quantitative estimate of drug-likeness (QED) is 0.383. The predicted octanol–water partition coefficient (Wildman–Crippen LogP) is 4.19. The number of nitrogens with two attached hydrogens (primary N) is 1. The molecule has 13 heteroatoms. The Morgan fingerprint density at radius 1 is 1.25 bits per heavy atom. The van der Waals surface area contributed by atoms with Crippen LogP contribution in [-0.4, -0.2) is 52.2 Å². The first kappa shape index (κ1) is 26.3. The van der Waals surface area contributed by atoms with Gasteiger partial charge in [0.1, 0.15) is 5.69 Å². The number of carbonyl (C=O) groups is 1. The highest BCUT2D eigenvalue weighted by atomic mass is 32.2. The molecular weight excluding hydrogens is 507 g/mol. The minimum absolute atomic E-state index is 0.00368. The highest BCUT2D eigenvalue weighted by molar-refractivity contribution is 8.15. The highest BCUT2D eigenvalue weighted by Gasteiger charge is 2.66. The van der Waals surface area contributed by atoms with Gasteiger partial charge in [0.2, 0.25) is 5.88 Å². The molecule has 36 heavy (non-hydrogen) atoms. The maximum atomic E-state index is 15.0. The molecule has 0 amide bonds. The van der Waals surface area contributed by atoms with E-state index in [4.69, 9.17) is 15.2 Å². The number of nitrogens with zero attached hydrogens (tertiary/aromatic N) is 3. The van der Waals surface area contributed by atoms with Crippen LogP contribution in [0.3, 0.4) is 0 Å². The lowest BCUT2D eigenvalue weighted by Crippen LogP contribution is -2.38. The molecule has 7 nitrogen and oxygen atoms in total. The summed E-state index contributed by atoms with van der Waals surface area (Å²) in [6.07, 6.45) is -3.11. The van der Waals surface area contributed by atoms with Gasteiger partial charge in [-0.15, -0.1) is 0 Å². The Morgan fingerprint density at radius 2 is 2.00 bits per heavy atom. The Hall–Kier alpha value is -2.80. The number of halogens is 5. The summed E-state index contributed by atoms with van der Waals surface area (Å²) in [6.45, 7) is 1.43. The molecule has 2 heterocycles. The molecule has 0 bridgehead atoms. The topological polar surface area (TPSA) is 99.7 Å². The van der Waals surface area contributed by atoms with E-state index in [1.165, 1.54) is 17.8 Å². The van der Waals surface area contributed by atoms with Crippen molar-refractivity contribution in [3.8, 4) is 5.88 Å². The first-order valence-corrected chi connectivity index (χ1v) is 11.7. The number of hydrogen-bond donors (Lipinski definition) is 1. The normalized spacial score (nSPS) is 25.2. The number of ether oxygens (including phenoxy) is 2. The second-order valence-electron chi connectivity index (χ2n) is 8.95. The van der Waals surface area contributed by atoms with Gasteiger partial charge in [0.25, 0.3) is 0 Å². The van der Waals surface area contributed by atoms with Gasteiger partial charge in [-0.1, -0.05) is 11.8 Å². The zero-order valence-electron chi connectivity index (χ0n) is 19.4. The van der Waals surface area contributed by atoms with Crippen molar-refractivity contribution in [3.05, 3.63) is 53.0 Å². The second kappa shape index (κ2) is 9.58. The summed E-state index contributed by atoms with van der Waals surface area (Å²) in [6, 6.07) is 2.34. The smallest absolute Gasteiger partial charge is 0.392 e. The number of carbonyl (C=O) groups excluding carboxylic acids is 1. The van der Waals surface area contributed by atoms with Gasteiger partial charge in [0.05, 0.1) is 42.3 Å². The van der Waals surface area contributed by atoms with Crippen molar-refractivity contribution < 1.29 is 36.2 Å². The van der Waals surface area contributed by atoms with Gasteiger partial charge in [-0.05, 0) is 31.0 Å². The Morgan fingerprint density at radius 3 is 2.64 bits per heavy atom. The van der Waals surface area contributed by atoms with Gasteiger partial charge >= 0.3 is 6.18 Å². The molecule has 1 aromatic heterocycles. The SMILES string of the molecule is COC[C@]12C[C@H]1[C@@](C)(c1cc(CC(=O)c3cnc(OCCC(F)(F)F)cn3)cc(F)c1F)N=C(N)S2. The van der Waals surface area contributed by atoms with Crippen molar-refractivity contribution in [1.29, 1.82) is 0 Å². The molecule has 194 valence electrons. The zero-order chi connectivity index (χ0) is 26.3. The lowest BCUT2D eigenvalue weighted by Gasteiger charge is -2.34. The van der Waals surface area contributed by atoms with Crippen LogP contribution in [0.15, 0.2) is 29.5 Å². The average molecular weight is 531 g/mol. The van der Waals surface area contributed by atoms with Crippen LogP contribution in [0.2, 0.25) is 0 Å². The Labute approximate surface area is 207 Å². The first-order chi connectivity index (χ1) is 16.9. The van der Waals surface area contributed by atoms with E-state index < -0.39 is 42.2 Å². The average Bonchev–Trinajstić information content (AvgIpc) is 3.50. The summed E-state index contributed by atoms with van der Waals surface area (Å²) < 4.78 is 76.1. The maximum absolute atomic E-state index is 15.0. The molecule has 2 aromatic rings. The van der Waals surface area contributed by atoms with E-state index >= 15 is 4.39 Å². The predicted molar refractivity (Wildman–Crippen MR) is 122 cm³/mol. The number of fused-ring (bicyclic) bond motifs is 1. The molecule has 4 rings (SSSR count). The minimum atomic E-state index is -4.37. The maximum Gasteiger partial charge on any atom is 0.392 e. The largest absolute Gasteiger partial charge is 0.476 e. The van der Waals surface area contributed by atoms with Crippen LogP contribution in [0, 0.1) is 17.6 Å². The molecule has 1 saturated carbocycles. The number of rotatable bonds is 9. The molecule has 1 fully saturated rings. The van der Waals surface area contributed by atoms with E-state index in [0.29, 0.717) is 13.0 Å². The van der Waals surface area contributed by atoms with Crippen molar-refractivity contribution >= 4 is 22.7 Å². The fraction of sp³-hybridized carbons (Fsp3) is 0.478. The van der Waals surface area contributed by atoms with Crippen LogP contribution in [0.1, 0.15) is 41.4 Å². The van der Waals surface area contributed by atoms with E-state index in [2.05, 4.69) is 15.0 Å². The Balaban J connectivity index is 1.52. The third-order valence-electron chi connectivity index (χ3n) is 6.29. The summed E-state index contributed by atoms with van der Waals surface area (Å²) >= 11 is 1.36. The summed E-state index contributed by atoms with van der Waals surface area (Å²) in [7, 11) is 1.56. The number of alkyl halides is 3. The molecule has 0 unspecified atom stereocenters. The summed E-state index contributed by atoms with van der Waals surface area (Å²) in [5, 5.41) is 0.248. The van der Waals surface area contributed by atoms with Crippen LogP contribution < -0.4 is 10.5 Å². The van der Waals surface area contributed by atoms with Gasteiger partial charge in [-0.2, -0.15) is 13.2 Å². The number of amidine groups is 1. The Bertz CT molecular complexity index is 1190. The highest BCUT2D eigenvalue weighted by Crippen LogP contribution is 2.66. The molecule has 1 aliphatic heterocycles. The van der Waals surface area contributed by atoms with E-state index in [9.17, 15) is 22.4 Å². The molecule has 0 saturated heterocycles. The number of aromatic nitrogens is 2. The molecule has 1 aliphatic carbocycles. The standard InChI is InChI=1S/C23H23F5N4O3S/c1-21(17-8-22(17,11-34-2)36-20(29)32-21)13-5-12(6-14(24)19(13)25)7-16(33)15-9-31-18(10-30-15)35-4-3-23(26,27)28/h5-6,9-10,17H,3-4,7-8,11H2,1-2H3,(H2,29,32)/t17-,21+,22+/m0/s1. The van der Waals surface area contributed by atoms with Crippen molar-refractivity contribution in [2.75, 3.05) is 20.3 Å². The fourth-order valence-electron chi connectivity index (χ4n) is 4.53. The van der Waals surface area contributed by atoms with Crippen LogP contribution in [0.25, 0.3) is 0 Å². The van der Waals surface area contributed by atoms with Crippen LogP contribution in [-0.2, 0) is 16.7 Å². The van der Waals surface area contributed by atoms with Crippen molar-refractivity contribution in [1.82, 2.24) is 9.97 Å². The van der Waals surface area contributed by atoms with Crippen LogP contribution in [0.5, 0.6) is 5.88 Å². The number of thioether (sulfide) groups is 1. The number of hydrogen-bond acceptors (Lipinski definition) is 8. The molecule has 0 radical (unpaired) electrons. The van der Waals surface area contributed by atoms with Crippen LogP contribution >= 0.6 is 11.8 Å². The third kappa shape index (κ3) is 5.31. The molecule has 0 spiro atoms. The van der Waals surface area contributed by atoms with Gasteiger partial charge in [-0.25, -0.2) is 18.7 Å². The molecule has 3 atom stereocenters.